The number of carbonyl (C=O) groups is 1. The zero-order valence-corrected chi connectivity index (χ0v) is 12.6. The summed E-state index contributed by atoms with van der Waals surface area (Å²) >= 11 is 1.60. The molecule has 2 aromatic rings. The van der Waals surface area contributed by atoms with Gasteiger partial charge in [0.05, 0.1) is 5.69 Å². The topological polar surface area (TPSA) is 67.1 Å². The molecule has 2 amide bonds. The van der Waals surface area contributed by atoms with Crippen LogP contribution >= 0.6 is 11.3 Å². The number of halogens is 1. The zero-order valence-electron chi connectivity index (χ0n) is 11.8. The zero-order chi connectivity index (χ0) is 15.5. The van der Waals surface area contributed by atoms with E-state index in [9.17, 15) is 9.18 Å². The van der Waals surface area contributed by atoms with Crippen LogP contribution in [0.15, 0.2) is 29.6 Å². The Kier molecular flexibility index (Phi) is 4.22. The van der Waals surface area contributed by atoms with E-state index in [1.165, 1.54) is 6.07 Å². The predicted octanol–water partition coefficient (Wildman–Crippen LogP) is 3.93. The quantitative estimate of drug-likeness (QED) is 0.454. The number of benzene rings is 1. The van der Waals surface area contributed by atoms with E-state index in [1.807, 2.05) is 35.1 Å². The van der Waals surface area contributed by atoms with E-state index in [0.717, 1.165) is 17.7 Å². The van der Waals surface area contributed by atoms with Gasteiger partial charge >= 0.3 is 6.03 Å². The molecule has 1 aromatic carbocycles. The summed E-state index contributed by atoms with van der Waals surface area (Å²) in [5.41, 5.74) is 3.96. The Hall–Kier alpha value is -2.18. The van der Waals surface area contributed by atoms with Crippen LogP contribution < -0.4 is 16.6 Å². The molecule has 3 rings (SSSR count). The minimum Gasteiger partial charge on any atom is -0.306 e. The molecule has 1 heterocycles. The standard InChI is InChI=1S/C16H16FN3OS/c17-13-7-8-14(19-16(21)20-18)12(15(13)10-3-4-10)6-5-11-2-1-9-22-11/h1-2,5-10H,3-4,18H2,(H2,19,20,21)/b6-5+. The number of urea groups is 1. The van der Waals surface area contributed by atoms with Crippen molar-refractivity contribution in [2.24, 2.45) is 5.84 Å². The first-order chi connectivity index (χ1) is 10.7. The first-order valence-corrected chi connectivity index (χ1v) is 7.88. The van der Waals surface area contributed by atoms with E-state index in [2.05, 4.69) is 5.32 Å². The Morgan fingerprint density at radius 2 is 2.14 bits per heavy atom. The average molecular weight is 317 g/mol. The molecule has 4 nitrogen and oxygen atoms in total. The minimum absolute atomic E-state index is 0.227. The van der Waals surface area contributed by atoms with Crippen molar-refractivity contribution in [2.75, 3.05) is 5.32 Å². The molecule has 4 N–H and O–H groups in total. The third kappa shape index (κ3) is 3.18. The molecule has 0 unspecified atom stereocenters. The fourth-order valence-electron chi connectivity index (χ4n) is 2.40. The molecule has 0 atom stereocenters. The first kappa shape index (κ1) is 14.7. The van der Waals surface area contributed by atoms with Gasteiger partial charge in [0.2, 0.25) is 0 Å². The van der Waals surface area contributed by atoms with Crippen LogP contribution in [0.4, 0.5) is 14.9 Å². The molecule has 0 bridgehead atoms. The number of carbonyl (C=O) groups excluding carboxylic acids is 1. The number of hydrogen-bond donors (Lipinski definition) is 3. The SMILES string of the molecule is NNC(=O)Nc1ccc(F)c(C2CC2)c1/C=C/c1cccs1. The molecule has 22 heavy (non-hydrogen) atoms. The summed E-state index contributed by atoms with van der Waals surface area (Å²) in [7, 11) is 0. The number of hydrogen-bond acceptors (Lipinski definition) is 3. The normalized spacial score (nSPS) is 14.3. The van der Waals surface area contributed by atoms with Crippen molar-refractivity contribution in [1.82, 2.24) is 5.43 Å². The molecular formula is C16H16FN3OS. The number of anilines is 1. The molecule has 1 aliphatic rings. The van der Waals surface area contributed by atoms with Crippen LogP contribution in [0.1, 0.15) is 34.8 Å². The number of thiophene rings is 1. The van der Waals surface area contributed by atoms with Crippen LogP contribution in [0, 0.1) is 5.82 Å². The number of hydrazine groups is 1. The van der Waals surface area contributed by atoms with Crippen LogP contribution in [0.25, 0.3) is 12.2 Å². The number of nitrogens with two attached hydrogens (primary N) is 1. The van der Waals surface area contributed by atoms with Crippen LogP contribution in [-0.4, -0.2) is 6.03 Å². The smallest absolute Gasteiger partial charge is 0.306 e. The summed E-state index contributed by atoms with van der Waals surface area (Å²) in [6.07, 6.45) is 5.73. The molecule has 0 aliphatic heterocycles. The van der Waals surface area contributed by atoms with Gasteiger partial charge in [0.1, 0.15) is 5.82 Å². The van der Waals surface area contributed by atoms with Gasteiger partial charge in [-0.05, 0) is 48.4 Å². The van der Waals surface area contributed by atoms with Gasteiger partial charge in [0, 0.05) is 16.0 Å². The van der Waals surface area contributed by atoms with Gasteiger partial charge in [-0.15, -0.1) is 11.3 Å². The van der Waals surface area contributed by atoms with Crippen molar-refractivity contribution in [2.45, 2.75) is 18.8 Å². The lowest BCUT2D eigenvalue weighted by Crippen LogP contribution is -2.34. The molecule has 1 aliphatic carbocycles. The van der Waals surface area contributed by atoms with Crippen molar-refractivity contribution in [3.63, 3.8) is 0 Å². The summed E-state index contributed by atoms with van der Waals surface area (Å²) < 4.78 is 14.2. The van der Waals surface area contributed by atoms with Crippen molar-refractivity contribution < 1.29 is 9.18 Å². The molecule has 6 heteroatoms. The molecule has 0 saturated heterocycles. The fourth-order valence-corrected chi connectivity index (χ4v) is 3.01. The first-order valence-electron chi connectivity index (χ1n) is 7.00. The van der Waals surface area contributed by atoms with E-state index in [4.69, 9.17) is 5.84 Å². The van der Waals surface area contributed by atoms with E-state index in [-0.39, 0.29) is 11.7 Å². The van der Waals surface area contributed by atoms with Gasteiger partial charge in [-0.2, -0.15) is 0 Å². The molecular weight excluding hydrogens is 301 g/mol. The number of amides is 2. The Morgan fingerprint density at radius 3 is 2.77 bits per heavy atom. The second kappa shape index (κ2) is 6.29. The summed E-state index contributed by atoms with van der Waals surface area (Å²) in [5.74, 6) is 5.11. The Labute approximate surface area is 131 Å². The van der Waals surface area contributed by atoms with Gasteiger partial charge in [0.15, 0.2) is 0 Å². The van der Waals surface area contributed by atoms with Gasteiger partial charge < -0.3 is 5.32 Å². The maximum absolute atomic E-state index is 14.2. The highest BCUT2D eigenvalue weighted by Gasteiger charge is 2.29. The Morgan fingerprint density at radius 1 is 1.32 bits per heavy atom. The van der Waals surface area contributed by atoms with Crippen LogP contribution in [0.5, 0.6) is 0 Å². The third-order valence-corrected chi connectivity index (χ3v) is 4.39. The summed E-state index contributed by atoms with van der Waals surface area (Å²) in [4.78, 5) is 12.6. The molecule has 0 spiro atoms. The molecule has 1 fully saturated rings. The summed E-state index contributed by atoms with van der Waals surface area (Å²) in [5, 5.41) is 4.63. The molecule has 1 saturated carbocycles. The highest BCUT2D eigenvalue weighted by atomic mass is 32.1. The summed E-state index contributed by atoms with van der Waals surface area (Å²) in [6, 6.07) is 6.36. The molecule has 1 aromatic heterocycles. The third-order valence-electron chi connectivity index (χ3n) is 3.56. The Balaban J connectivity index is 2.02. The van der Waals surface area contributed by atoms with Gasteiger partial charge in [-0.25, -0.2) is 15.0 Å². The lowest BCUT2D eigenvalue weighted by molar-refractivity contribution is 0.252. The number of rotatable bonds is 4. The Bertz CT molecular complexity index is 708. The second-order valence-corrected chi connectivity index (χ2v) is 6.12. The van der Waals surface area contributed by atoms with Crippen molar-refractivity contribution in [3.8, 4) is 0 Å². The van der Waals surface area contributed by atoms with E-state index < -0.39 is 6.03 Å². The molecule has 114 valence electrons. The highest BCUT2D eigenvalue weighted by molar-refractivity contribution is 7.10. The van der Waals surface area contributed by atoms with E-state index in [1.54, 1.807) is 17.4 Å². The number of nitrogens with one attached hydrogen (secondary N) is 2. The lowest BCUT2D eigenvalue weighted by Gasteiger charge is -2.13. The highest BCUT2D eigenvalue weighted by Crippen LogP contribution is 2.45. The second-order valence-electron chi connectivity index (χ2n) is 5.14. The summed E-state index contributed by atoms with van der Waals surface area (Å²) in [6.45, 7) is 0. The van der Waals surface area contributed by atoms with Crippen LogP contribution in [-0.2, 0) is 0 Å². The van der Waals surface area contributed by atoms with Crippen molar-refractivity contribution in [1.29, 1.82) is 0 Å². The van der Waals surface area contributed by atoms with Gasteiger partial charge in [-0.1, -0.05) is 12.1 Å². The van der Waals surface area contributed by atoms with Gasteiger partial charge in [-0.3, -0.25) is 5.43 Å². The average Bonchev–Trinajstić information content (AvgIpc) is 3.22. The van der Waals surface area contributed by atoms with E-state index >= 15 is 0 Å². The fraction of sp³-hybridized carbons (Fsp3) is 0.188. The van der Waals surface area contributed by atoms with Crippen LogP contribution in [0.3, 0.4) is 0 Å². The maximum atomic E-state index is 14.2. The maximum Gasteiger partial charge on any atom is 0.333 e. The van der Waals surface area contributed by atoms with Crippen molar-refractivity contribution in [3.05, 3.63) is 51.5 Å². The predicted molar refractivity (Wildman–Crippen MR) is 88.0 cm³/mol. The monoisotopic (exact) mass is 317 g/mol. The molecule has 0 radical (unpaired) electrons. The largest absolute Gasteiger partial charge is 0.333 e. The van der Waals surface area contributed by atoms with Crippen molar-refractivity contribution >= 4 is 35.2 Å². The minimum atomic E-state index is -0.529. The van der Waals surface area contributed by atoms with E-state index in [0.29, 0.717) is 16.8 Å². The van der Waals surface area contributed by atoms with Gasteiger partial charge in [0.25, 0.3) is 0 Å². The van der Waals surface area contributed by atoms with Crippen LogP contribution in [0.2, 0.25) is 0 Å². The lowest BCUT2D eigenvalue weighted by atomic mass is 9.99.